The molecule has 1 aromatic carbocycles. The van der Waals surface area contributed by atoms with Gasteiger partial charge in [0.25, 0.3) is 5.16 Å². The molecule has 0 amide bonds. The van der Waals surface area contributed by atoms with Gasteiger partial charge in [-0.25, -0.2) is 13.1 Å². The fourth-order valence-electron chi connectivity index (χ4n) is 1.80. The number of furan rings is 1. The van der Waals surface area contributed by atoms with Crippen molar-refractivity contribution in [1.29, 1.82) is 0 Å². The van der Waals surface area contributed by atoms with Gasteiger partial charge >= 0.3 is 0 Å². The minimum atomic E-state index is -3.72. The molecule has 6 nitrogen and oxygen atoms in total. The molecule has 0 aliphatic rings. The zero-order chi connectivity index (χ0) is 14.2. The van der Waals surface area contributed by atoms with Crippen LogP contribution < -0.4 is 0 Å². The predicted octanol–water partition coefficient (Wildman–Crippen LogP) is 1.91. The summed E-state index contributed by atoms with van der Waals surface area (Å²) in [4.78, 5) is 4.23. The fourth-order valence-corrected chi connectivity index (χ4v) is 2.96. The van der Waals surface area contributed by atoms with Crippen LogP contribution in [0.4, 0.5) is 0 Å². The smallest absolute Gasteiger partial charge is 0.272 e. The van der Waals surface area contributed by atoms with Crippen LogP contribution in [-0.2, 0) is 16.9 Å². The molecule has 102 valence electrons. The van der Waals surface area contributed by atoms with Crippen molar-refractivity contribution in [2.75, 3.05) is 0 Å². The molecule has 0 aliphatic heterocycles. The molecule has 0 fully saturated rings. The second kappa shape index (κ2) is 4.61. The number of aromatic nitrogens is 3. The Morgan fingerprint density at radius 1 is 1.10 bits per heavy atom. The standard InChI is InChI=1S/C13H11N3O3S/c1-16-12(11-8-5-9-19-11)14-13(15-16)20(17,18)10-6-3-2-4-7-10/h2-9H,1H3. The third-order valence-corrected chi connectivity index (χ3v) is 4.33. The summed E-state index contributed by atoms with van der Waals surface area (Å²) in [6.07, 6.45) is 1.50. The van der Waals surface area contributed by atoms with Crippen LogP contribution in [0.25, 0.3) is 11.6 Å². The van der Waals surface area contributed by atoms with Crippen LogP contribution in [0.1, 0.15) is 0 Å². The lowest BCUT2D eigenvalue weighted by Crippen LogP contribution is -2.04. The predicted molar refractivity (Wildman–Crippen MR) is 70.6 cm³/mol. The van der Waals surface area contributed by atoms with Gasteiger partial charge in [0, 0.05) is 7.05 Å². The number of sulfone groups is 1. The first-order valence-electron chi connectivity index (χ1n) is 5.84. The third-order valence-electron chi connectivity index (χ3n) is 2.78. The van der Waals surface area contributed by atoms with Crippen LogP contribution in [0.3, 0.4) is 0 Å². The molecular formula is C13H11N3O3S. The van der Waals surface area contributed by atoms with E-state index in [2.05, 4.69) is 10.1 Å². The molecule has 20 heavy (non-hydrogen) atoms. The van der Waals surface area contributed by atoms with Gasteiger partial charge in [0.15, 0.2) is 11.6 Å². The highest BCUT2D eigenvalue weighted by Gasteiger charge is 2.25. The Bertz CT molecular complexity index is 821. The molecule has 0 aliphatic carbocycles. The molecule has 2 heterocycles. The second-order valence-corrected chi connectivity index (χ2v) is 5.98. The van der Waals surface area contributed by atoms with E-state index in [0.29, 0.717) is 11.6 Å². The maximum atomic E-state index is 12.4. The Morgan fingerprint density at radius 3 is 2.50 bits per heavy atom. The molecule has 3 rings (SSSR count). The number of benzene rings is 1. The van der Waals surface area contributed by atoms with Gasteiger partial charge < -0.3 is 4.42 Å². The van der Waals surface area contributed by atoms with Crippen LogP contribution in [0.2, 0.25) is 0 Å². The SMILES string of the molecule is Cn1nc(S(=O)(=O)c2ccccc2)nc1-c1ccco1. The minimum absolute atomic E-state index is 0.164. The van der Waals surface area contributed by atoms with Crippen molar-refractivity contribution in [1.82, 2.24) is 14.8 Å². The van der Waals surface area contributed by atoms with Gasteiger partial charge in [0.2, 0.25) is 9.84 Å². The molecule has 0 N–H and O–H groups in total. The summed E-state index contributed by atoms with van der Waals surface area (Å²) in [6, 6.07) is 11.5. The second-order valence-electron chi connectivity index (χ2n) is 4.14. The van der Waals surface area contributed by atoms with E-state index < -0.39 is 9.84 Å². The van der Waals surface area contributed by atoms with Crippen LogP contribution in [0, 0.1) is 0 Å². The average molecular weight is 289 g/mol. The van der Waals surface area contributed by atoms with E-state index in [9.17, 15) is 8.42 Å². The highest BCUT2D eigenvalue weighted by Crippen LogP contribution is 2.22. The summed E-state index contributed by atoms with van der Waals surface area (Å²) < 4.78 is 31.4. The Balaban J connectivity index is 2.11. The molecular weight excluding hydrogens is 278 g/mol. The van der Waals surface area contributed by atoms with E-state index in [0.717, 1.165) is 0 Å². The lowest BCUT2D eigenvalue weighted by Gasteiger charge is -1.98. The number of hydrogen-bond acceptors (Lipinski definition) is 5. The molecule has 2 aromatic heterocycles. The molecule has 0 spiro atoms. The van der Waals surface area contributed by atoms with E-state index in [1.807, 2.05) is 0 Å². The van der Waals surface area contributed by atoms with Gasteiger partial charge in [-0.15, -0.1) is 5.10 Å². The maximum Gasteiger partial charge on any atom is 0.272 e. The Hall–Kier alpha value is -2.41. The lowest BCUT2D eigenvalue weighted by atomic mass is 10.4. The van der Waals surface area contributed by atoms with Crippen molar-refractivity contribution in [3.63, 3.8) is 0 Å². The summed E-state index contributed by atoms with van der Waals surface area (Å²) in [5, 5.41) is 3.73. The van der Waals surface area contributed by atoms with Crippen LogP contribution >= 0.6 is 0 Å². The average Bonchev–Trinajstić information content (AvgIpc) is 3.08. The van der Waals surface area contributed by atoms with E-state index in [4.69, 9.17) is 4.42 Å². The number of aryl methyl sites for hydroxylation is 1. The van der Waals surface area contributed by atoms with E-state index in [1.54, 1.807) is 37.4 Å². The highest BCUT2D eigenvalue weighted by molar-refractivity contribution is 7.91. The van der Waals surface area contributed by atoms with Crippen molar-refractivity contribution >= 4 is 9.84 Å². The summed E-state index contributed by atoms with van der Waals surface area (Å²) >= 11 is 0. The van der Waals surface area contributed by atoms with Gasteiger partial charge in [-0.3, -0.25) is 0 Å². The summed E-state index contributed by atoms with van der Waals surface area (Å²) in [7, 11) is -2.10. The zero-order valence-corrected chi connectivity index (χ0v) is 11.4. The van der Waals surface area contributed by atoms with Crippen molar-refractivity contribution in [3.8, 4) is 11.6 Å². The Labute approximate surface area is 115 Å². The highest BCUT2D eigenvalue weighted by atomic mass is 32.2. The molecule has 7 heteroatoms. The third kappa shape index (κ3) is 2.01. The fraction of sp³-hybridized carbons (Fsp3) is 0.0769. The van der Waals surface area contributed by atoms with Crippen molar-refractivity contribution < 1.29 is 12.8 Å². The van der Waals surface area contributed by atoms with Crippen molar-refractivity contribution in [2.24, 2.45) is 7.05 Å². The van der Waals surface area contributed by atoms with Gasteiger partial charge in [-0.05, 0) is 24.3 Å². The first kappa shape index (κ1) is 12.6. The lowest BCUT2D eigenvalue weighted by molar-refractivity contribution is 0.570. The number of rotatable bonds is 3. The van der Waals surface area contributed by atoms with Gasteiger partial charge in [0.1, 0.15) is 0 Å². The Morgan fingerprint density at radius 2 is 1.85 bits per heavy atom. The largest absolute Gasteiger partial charge is 0.461 e. The monoisotopic (exact) mass is 289 g/mol. The molecule has 3 aromatic rings. The molecule has 0 radical (unpaired) electrons. The van der Waals surface area contributed by atoms with Crippen LogP contribution in [0.5, 0.6) is 0 Å². The van der Waals surface area contributed by atoms with E-state index in [-0.39, 0.29) is 10.1 Å². The molecule has 0 saturated carbocycles. The number of hydrogen-bond donors (Lipinski definition) is 0. The van der Waals surface area contributed by atoms with E-state index in [1.165, 1.54) is 23.1 Å². The minimum Gasteiger partial charge on any atom is -0.461 e. The van der Waals surface area contributed by atoms with Crippen molar-refractivity contribution in [3.05, 3.63) is 48.7 Å². The summed E-state index contributed by atoms with van der Waals surface area (Å²) in [5.41, 5.74) is 0. The topological polar surface area (TPSA) is 78.0 Å². The zero-order valence-electron chi connectivity index (χ0n) is 10.6. The Kier molecular flexibility index (Phi) is 2.90. The first-order valence-corrected chi connectivity index (χ1v) is 7.32. The molecule has 0 atom stereocenters. The summed E-state index contributed by atoms with van der Waals surface area (Å²) in [5.74, 6) is 0.832. The molecule has 0 saturated heterocycles. The normalized spacial score (nSPS) is 11.7. The quantitative estimate of drug-likeness (QED) is 0.736. The van der Waals surface area contributed by atoms with Gasteiger partial charge in [0.05, 0.1) is 11.2 Å². The van der Waals surface area contributed by atoms with Crippen LogP contribution in [-0.4, -0.2) is 23.2 Å². The molecule has 0 unspecified atom stereocenters. The van der Waals surface area contributed by atoms with Gasteiger partial charge in [-0.1, -0.05) is 18.2 Å². The first-order chi connectivity index (χ1) is 9.59. The number of nitrogens with zero attached hydrogens (tertiary/aromatic N) is 3. The van der Waals surface area contributed by atoms with E-state index >= 15 is 0 Å². The van der Waals surface area contributed by atoms with Crippen LogP contribution in [0.15, 0.2) is 63.2 Å². The van der Waals surface area contributed by atoms with Gasteiger partial charge in [-0.2, -0.15) is 4.98 Å². The molecule has 0 bridgehead atoms. The maximum absolute atomic E-state index is 12.4. The van der Waals surface area contributed by atoms with Crippen molar-refractivity contribution in [2.45, 2.75) is 10.1 Å². The summed E-state index contributed by atoms with van der Waals surface area (Å²) in [6.45, 7) is 0.